The first-order chi connectivity index (χ1) is 11.7. The van der Waals surface area contributed by atoms with Gasteiger partial charge in [-0.15, -0.1) is 11.3 Å². The number of carbonyl (C=O) groups excluding carboxylic acids is 1. The number of nitrogens with zero attached hydrogens (tertiary/aromatic N) is 4. The molecule has 0 bridgehead atoms. The van der Waals surface area contributed by atoms with Crippen molar-refractivity contribution >= 4 is 17.4 Å². The van der Waals surface area contributed by atoms with Crippen molar-refractivity contribution in [2.75, 3.05) is 19.6 Å². The molecule has 0 saturated carbocycles. The van der Waals surface area contributed by atoms with Crippen molar-refractivity contribution in [2.24, 2.45) is 0 Å². The zero-order chi connectivity index (χ0) is 16.8. The molecule has 2 N–H and O–H groups in total. The zero-order valence-corrected chi connectivity index (χ0v) is 14.8. The van der Waals surface area contributed by atoms with Gasteiger partial charge in [-0.05, 0) is 36.8 Å². The molecule has 0 saturated heterocycles. The van der Waals surface area contributed by atoms with Crippen molar-refractivity contribution < 1.29 is 4.79 Å². The van der Waals surface area contributed by atoms with E-state index in [0.29, 0.717) is 19.1 Å². The quantitative estimate of drug-likeness (QED) is 0.743. The summed E-state index contributed by atoms with van der Waals surface area (Å²) in [5.74, 6) is 0. The molecule has 0 radical (unpaired) electrons. The maximum Gasteiger partial charge on any atom is 0.314 e. The van der Waals surface area contributed by atoms with Crippen molar-refractivity contribution in [3.63, 3.8) is 0 Å². The highest BCUT2D eigenvalue weighted by molar-refractivity contribution is 7.10. The van der Waals surface area contributed by atoms with E-state index < -0.39 is 0 Å². The third-order valence-electron chi connectivity index (χ3n) is 4.33. The van der Waals surface area contributed by atoms with Crippen LogP contribution in [0.3, 0.4) is 0 Å². The van der Waals surface area contributed by atoms with Crippen LogP contribution in [-0.2, 0) is 19.5 Å². The minimum Gasteiger partial charge on any atom is -0.338 e. The van der Waals surface area contributed by atoms with Crippen LogP contribution in [0.5, 0.6) is 0 Å². The van der Waals surface area contributed by atoms with Crippen LogP contribution >= 0.6 is 11.3 Å². The van der Waals surface area contributed by atoms with E-state index in [-0.39, 0.29) is 6.03 Å². The average Bonchev–Trinajstić information content (AvgIpc) is 3.27. The first-order valence-electron chi connectivity index (χ1n) is 8.36. The van der Waals surface area contributed by atoms with Gasteiger partial charge in [-0.25, -0.2) is 9.78 Å². The zero-order valence-electron chi connectivity index (χ0n) is 13.9. The number of hydrogen-bond acceptors (Lipinski definition) is 5. The van der Waals surface area contributed by atoms with Gasteiger partial charge in [0.05, 0.1) is 0 Å². The second kappa shape index (κ2) is 8.25. The summed E-state index contributed by atoms with van der Waals surface area (Å²) in [5, 5.41) is 12.1. The number of urea groups is 1. The molecule has 2 amide bonds. The van der Waals surface area contributed by atoms with Crippen molar-refractivity contribution in [1.29, 1.82) is 0 Å². The molecular weight excluding hydrogens is 324 g/mol. The maximum atomic E-state index is 11.9. The van der Waals surface area contributed by atoms with Crippen LogP contribution in [0, 0.1) is 0 Å². The highest BCUT2D eigenvalue weighted by Crippen LogP contribution is 2.24. The van der Waals surface area contributed by atoms with Gasteiger partial charge < -0.3 is 10.6 Å². The number of carbonyl (C=O) groups is 1. The standard InChI is InChI=1S/C16H24N6OS/c1-13(21-7-3-15-14(10-21)4-8-24-15)9-19-16(23)18-5-2-6-22-12-17-11-20-22/h4,8,11-13H,2-3,5-7,9-10H2,1H3,(H2,18,19,23)/t13-/m0/s1. The molecule has 0 aliphatic carbocycles. The van der Waals surface area contributed by atoms with E-state index >= 15 is 0 Å². The molecule has 3 rings (SSSR count). The number of nitrogens with one attached hydrogen (secondary N) is 2. The fourth-order valence-corrected chi connectivity index (χ4v) is 3.76. The number of aromatic nitrogens is 3. The average molecular weight is 348 g/mol. The SMILES string of the molecule is C[C@@H](CNC(=O)NCCCn1cncn1)N1CCc2sccc2C1. The number of rotatable bonds is 7. The first-order valence-corrected chi connectivity index (χ1v) is 9.24. The number of fused-ring (bicyclic) bond motifs is 1. The van der Waals surface area contributed by atoms with Gasteiger partial charge in [0.1, 0.15) is 12.7 Å². The van der Waals surface area contributed by atoms with Gasteiger partial charge in [0.15, 0.2) is 0 Å². The molecule has 3 heterocycles. The molecule has 0 fully saturated rings. The number of thiophene rings is 1. The highest BCUT2D eigenvalue weighted by atomic mass is 32.1. The lowest BCUT2D eigenvalue weighted by Crippen LogP contribution is -2.46. The van der Waals surface area contributed by atoms with Crippen LogP contribution < -0.4 is 10.6 Å². The van der Waals surface area contributed by atoms with Crippen molar-refractivity contribution in [2.45, 2.75) is 38.9 Å². The highest BCUT2D eigenvalue weighted by Gasteiger charge is 2.21. The Labute approximate surface area is 146 Å². The van der Waals surface area contributed by atoms with E-state index in [2.05, 4.69) is 44.0 Å². The van der Waals surface area contributed by atoms with Crippen LogP contribution in [-0.4, -0.2) is 51.4 Å². The molecule has 0 aromatic carbocycles. The third kappa shape index (κ3) is 4.55. The molecule has 130 valence electrons. The monoisotopic (exact) mass is 348 g/mol. The molecule has 1 aliphatic rings. The molecule has 2 aromatic heterocycles. The molecule has 0 unspecified atom stereocenters. The summed E-state index contributed by atoms with van der Waals surface area (Å²) in [7, 11) is 0. The fraction of sp³-hybridized carbons (Fsp3) is 0.562. The van der Waals surface area contributed by atoms with E-state index in [1.54, 1.807) is 11.0 Å². The summed E-state index contributed by atoms with van der Waals surface area (Å²) in [6.45, 7) is 6.27. The van der Waals surface area contributed by atoms with Crippen molar-refractivity contribution in [3.05, 3.63) is 34.5 Å². The second-order valence-electron chi connectivity index (χ2n) is 6.09. The molecule has 7 nitrogen and oxygen atoms in total. The normalized spacial score (nSPS) is 15.7. The van der Waals surface area contributed by atoms with Crippen molar-refractivity contribution in [3.8, 4) is 0 Å². The lowest BCUT2D eigenvalue weighted by molar-refractivity contribution is 0.186. The van der Waals surface area contributed by atoms with Gasteiger partial charge in [0.2, 0.25) is 0 Å². The largest absolute Gasteiger partial charge is 0.338 e. The minimum absolute atomic E-state index is 0.103. The van der Waals surface area contributed by atoms with E-state index in [1.807, 2.05) is 11.3 Å². The van der Waals surface area contributed by atoms with Crippen LogP contribution in [0.4, 0.5) is 4.79 Å². The molecule has 2 aromatic rings. The Morgan fingerprint density at radius 1 is 1.46 bits per heavy atom. The topological polar surface area (TPSA) is 75.1 Å². The molecule has 1 atom stereocenters. The van der Waals surface area contributed by atoms with E-state index in [9.17, 15) is 4.79 Å². The van der Waals surface area contributed by atoms with E-state index in [1.165, 1.54) is 16.8 Å². The maximum absolute atomic E-state index is 11.9. The Morgan fingerprint density at radius 3 is 3.21 bits per heavy atom. The van der Waals surface area contributed by atoms with Crippen molar-refractivity contribution in [1.82, 2.24) is 30.3 Å². The number of hydrogen-bond donors (Lipinski definition) is 2. The Hall–Kier alpha value is -1.93. The Kier molecular flexibility index (Phi) is 5.81. The van der Waals surface area contributed by atoms with Gasteiger partial charge in [-0.3, -0.25) is 9.58 Å². The molecule has 24 heavy (non-hydrogen) atoms. The molecular formula is C16H24N6OS. The van der Waals surface area contributed by atoms with Crippen LogP contribution in [0.1, 0.15) is 23.8 Å². The molecule has 0 spiro atoms. The van der Waals surface area contributed by atoms with E-state index in [0.717, 1.165) is 32.5 Å². The van der Waals surface area contributed by atoms with Gasteiger partial charge >= 0.3 is 6.03 Å². The lowest BCUT2D eigenvalue weighted by atomic mass is 10.1. The first kappa shape index (κ1) is 16.9. The lowest BCUT2D eigenvalue weighted by Gasteiger charge is -2.32. The van der Waals surface area contributed by atoms with Crippen LogP contribution in [0.15, 0.2) is 24.1 Å². The fourth-order valence-electron chi connectivity index (χ4n) is 2.87. The summed E-state index contributed by atoms with van der Waals surface area (Å²) in [6.07, 6.45) is 5.14. The molecule has 1 aliphatic heterocycles. The smallest absolute Gasteiger partial charge is 0.314 e. The summed E-state index contributed by atoms with van der Waals surface area (Å²) >= 11 is 1.85. The summed E-state index contributed by atoms with van der Waals surface area (Å²) < 4.78 is 1.76. The molecule has 8 heteroatoms. The van der Waals surface area contributed by atoms with Crippen LogP contribution in [0.2, 0.25) is 0 Å². The summed E-state index contributed by atoms with van der Waals surface area (Å²) in [6, 6.07) is 2.45. The Balaban J connectivity index is 1.31. The van der Waals surface area contributed by atoms with Gasteiger partial charge in [0, 0.05) is 43.6 Å². The minimum atomic E-state index is -0.103. The van der Waals surface area contributed by atoms with E-state index in [4.69, 9.17) is 0 Å². The number of aryl methyl sites for hydroxylation is 1. The van der Waals surface area contributed by atoms with Gasteiger partial charge in [-0.1, -0.05) is 0 Å². The predicted molar refractivity (Wildman–Crippen MR) is 93.9 cm³/mol. The van der Waals surface area contributed by atoms with Gasteiger partial charge in [0.25, 0.3) is 0 Å². The van der Waals surface area contributed by atoms with Crippen LogP contribution in [0.25, 0.3) is 0 Å². The second-order valence-corrected chi connectivity index (χ2v) is 7.09. The number of amides is 2. The predicted octanol–water partition coefficient (Wildman–Crippen LogP) is 1.48. The Bertz CT molecular complexity index is 641. The summed E-state index contributed by atoms with van der Waals surface area (Å²) in [5.41, 5.74) is 1.44. The summed E-state index contributed by atoms with van der Waals surface area (Å²) in [4.78, 5) is 19.7. The third-order valence-corrected chi connectivity index (χ3v) is 5.36. The van der Waals surface area contributed by atoms with Gasteiger partial charge in [-0.2, -0.15) is 5.10 Å². The Morgan fingerprint density at radius 2 is 2.38 bits per heavy atom.